The van der Waals surface area contributed by atoms with E-state index < -0.39 is 0 Å². The van der Waals surface area contributed by atoms with E-state index in [4.69, 9.17) is 10.5 Å². The fraction of sp³-hybridized carbons (Fsp3) is 0.0769. The van der Waals surface area contributed by atoms with Gasteiger partial charge in [0.15, 0.2) is 0 Å². The Hall–Kier alpha value is -1.98. The van der Waals surface area contributed by atoms with E-state index in [1.807, 2.05) is 35.7 Å². The fourth-order valence-electron chi connectivity index (χ4n) is 1.65. The summed E-state index contributed by atoms with van der Waals surface area (Å²) in [6, 6.07) is 9.64. The van der Waals surface area contributed by atoms with Crippen LogP contribution in [0.25, 0.3) is 10.2 Å². The van der Waals surface area contributed by atoms with Gasteiger partial charge in [0.05, 0.1) is 5.39 Å². The summed E-state index contributed by atoms with van der Waals surface area (Å²) in [4.78, 5) is 9.28. The molecule has 0 radical (unpaired) electrons. The molecule has 0 saturated carbocycles. The molecule has 3 aromatic rings. The van der Waals surface area contributed by atoms with E-state index in [0.717, 1.165) is 21.5 Å². The molecule has 5 heteroatoms. The molecule has 90 valence electrons. The largest absolute Gasteiger partial charge is 0.438 e. The van der Waals surface area contributed by atoms with Crippen LogP contribution in [0.5, 0.6) is 11.6 Å². The van der Waals surface area contributed by atoms with Gasteiger partial charge in [-0.15, -0.1) is 11.3 Å². The first-order valence-corrected chi connectivity index (χ1v) is 6.40. The normalized spacial score (nSPS) is 10.7. The van der Waals surface area contributed by atoms with Crippen LogP contribution in [0.1, 0.15) is 5.56 Å². The summed E-state index contributed by atoms with van der Waals surface area (Å²) in [7, 11) is 0. The first-order chi connectivity index (χ1) is 8.86. The Morgan fingerprint density at radius 2 is 1.94 bits per heavy atom. The zero-order valence-electron chi connectivity index (χ0n) is 9.54. The molecule has 0 unspecified atom stereocenters. The number of benzene rings is 1. The van der Waals surface area contributed by atoms with Crippen LogP contribution in [0.15, 0.2) is 42.0 Å². The van der Waals surface area contributed by atoms with Gasteiger partial charge in [-0.3, -0.25) is 0 Å². The predicted octanol–water partition coefficient (Wildman–Crippen LogP) is 2.94. The van der Waals surface area contributed by atoms with Crippen LogP contribution in [-0.2, 0) is 6.54 Å². The van der Waals surface area contributed by atoms with Crippen molar-refractivity contribution in [3.8, 4) is 11.6 Å². The summed E-state index contributed by atoms with van der Waals surface area (Å²) in [5, 5.41) is 2.91. The van der Waals surface area contributed by atoms with Crippen molar-refractivity contribution in [2.75, 3.05) is 0 Å². The van der Waals surface area contributed by atoms with Crippen LogP contribution in [0.2, 0.25) is 0 Å². The monoisotopic (exact) mass is 257 g/mol. The van der Waals surface area contributed by atoms with E-state index >= 15 is 0 Å². The molecule has 4 nitrogen and oxygen atoms in total. The number of nitrogens with zero attached hydrogens (tertiary/aromatic N) is 2. The first kappa shape index (κ1) is 11.1. The third-order valence-electron chi connectivity index (χ3n) is 2.60. The highest BCUT2D eigenvalue weighted by molar-refractivity contribution is 7.16. The minimum absolute atomic E-state index is 0.530. The van der Waals surface area contributed by atoms with Gasteiger partial charge >= 0.3 is 0 Å². The Kier molecular flexibility index (Phi) is 2.92. The lowest BCUT2D eigenvalue weighted by molar-refractivity contribution is 0.468. The molecule has 1 aromatic carbocycles. The molecule has 0 bridgehead atoms. The number of ether oxygens (including phenoxy) is 1. The molecular weight excluding hydrogens is 246 g/mol. The van der Waals surface area contributed by atoms with Crippen LogP contribution < -0.4 is 10.5 Å². The molecule has 0 aliphatic rings. The maximum absolute atomic E-state index is 5.76. The minimum Gasteiger partial charge on any atom is -0.438 e. The second-order valence-electron chi connectivity index (χ2n) is 3.77. The predicted molar refractivity (Wildman–Crippen MR) is 71.8 cm³/mol. The number of thiophene rings is 1. The fourth-order valence-corrected chi connectivity index (χ4v) is 2.38. The topological polar surface area (TPSA) is 61.0 Å². The van der Waals surface area contributed by atoms with Crippen molar-refractivity contribution in [2.24, 2.45) is 5.73 Å². The van der Waals surface area contributed by atoms with Crippen LogP contribution in [0, 0.1) is 0 Å². The molecule has 0 atom stereocenters. The summed E-state index contributed by atoms with van der Waals surface area (Å²) in [6.45, 7) is 0.530. The molecular formula is C13H11N3OS. The van der Waals surface area contributed by atoms with E-state index in [2.05, 4.69) is 9.97 Å². The highest BCUT2D eigenvalue weighted by Crippen LogP contribution is 2.29. The standard InChI is InChI=1S/C13H11N3OS/c14-7-9-1-3-10(4-2-9)17-12-11-5-6-18-13(11)16-8-15-12/h1-6,8H,7,14H2. The summed E-state index contributed by atoms with van der Waals surface area (Å²) in [5.41, 5.74) is 6.63. The minimum atomic E-state index is 0.530. The molecule has 3 rings (SSSR count). The van der Waals surface area contributed by atoms with Crippen molar-refractivity contribution in [3.63, 3.8) is 0 Å². The van der Waals surface area contributed by atoms with Crippen molar-refractivity contribution in [1.29, 1.82) is 0 Å². The van der Waals surface area contributed by atoms with Gasteiger partial charge in [-0.2, -0.15) is 0 Å². The molecule has 0 fully saturated rings. The summed E-state index contributed by atoms with van der Waals surface area (Å²) in [6.07, 6.45) is 1.52. The SMILES string of the molecule is NCc1ccc(Oc2ncnc3sccc23)cc1. The first-order valence-electron chi connectivity index (χ1n) is 5.52. The third kappa shape index (κ3) is 2.05. The average molecular weight is 257 g/mol. The van der Waals surface area contributed by atoms with E-state index in [1.54, 1.807) is 11.3 Å². The number of nitrogens with two attached hydrogens (primary N) is 1. The van der Waals surface area contributed by atoms with Crippen LogP contribution in [-0.4, -0.2) is 9.97 Å². The van der Waals surface area contributed by atoms with Gasteiger partial charge in [0.1, 0.15) is 16.9 Å². The van der Waals surface area contributed by atoms with Crippen molar-refractivity contribution in [1.82, 2.24) is 9.97 Å². The van der Waals surface area contributed by atoms with Crippen molar-refractivity contribution < 1.29 is 4.74 Å². The van der Waals surface area contributed by atoms with E-state index in [1.165, 1.54) is 6.33 Å². The quantitative estimate of drug-likeness (QED) is 0.783. The summed E-state index contributed by atoms with van der Waals surface area (Å²) < 4.78 is 5.76. The van der Waals surface area contributed by atoms with Crippen molar-refractivity contribution >= 4 is 21.6 Å². The van der Waals surface area contributed by atoms with Gasteiger partial charge in [0, 0.05) is 6.54 Å². The average Bonchev–Trinajstić information content (AvgIpc) is 2.89. The smallest absolute Gasteiger partial charge is 0.231 e. The zero-order valence-corrected chi connectivity index (χ0v) is 10.4. The molecule has 0 saturated heterocycles. The molecule has 0 aliphatic carbocycles. The zero-order chi connectivity index (χ0) is 12.4. The molecule has 2 heterocycles. The Morgan fingerprint density at radius 1 is 1.11 bits per heavy atom. The lowest BCUT2D eigenvalue weighted by Crippen LogP contribution is -1.95. The third-order valence-corrected chi connectivity index (χ3v) is 3.42. The van der Waals surface area contributed by atoms with Crippen LogP contribution in [0.4, 0.5) is 0 Å². The molecule has 0 spiro atoms. The van der Waals surface area contributed by atoms with Gasteiger partial charge in [0.25, 0.3) is 0 Å². The molecule has 2 N–H and O–H groups in total. The molecule has 0 aliphatic heterocycles. The van der Waals surface area contributed by atoms with Gasteiger partial charge < -0.3 is 10.5 Å². The molecule has 0 amide bonds. The lowest BCUT2D eigenvalue weighted by Gasteiger charge is -2.05. The lowest BCUT2D eigenvalue weighted by atomic mass is 10.2. The van der Waals surface area contributed by atoms with Gasteiger partial charge in [-0.25, -0.2) is 9.97 Å². The van der Waals surface area contributed by atoms with Gasteiger partial charge in [0.2, 0.25) is 5.88 Å². The maximum atomic E-state index is 5.76. The molecule has 18 heavy (non-hydrogen) atoms. The van der Waals surface area contributed by atoms with Crippen molar-refractivity contribution in [3.05, 3.63) is 47.6 Å². The number of rotatable bonds is 3. The number of hydrogen-bond donors (Lipinski definition) is 1. The highest BCUT2D eigenvalue weighted by Gasteiger charge is 2.06. The second kappa shape index (κ2) is 4.72. The van der Waals surface area contributed by atoms with E-state index in [0.29, 0.717) is 12.4 Å². The van der Waals surface area contributed by atoms with Crippen LogP contribution >= 0.6 is 11.3 Å². The number of fused-ring (bicyclic) bond motifs is 1. The Morgan fingerprint density at radius 3 is 2.72 bits per heavy atom. The van der Waals surface area contributed by atoms with E-state index in [-0.39, 0.29) is 0 Å². The Labute approximate surface area is 108 Å². The Balaban J connectivity index is 1.93. The van der Waals surface area contributed by atoms with Crippen LogP contribution in [0.3, 0.4) is 0 Å². The van der Waals surface area contributed by atoms with E-state index in [9.17, 15) is 0 Å². The Bertz CT molecular complexity index is 663. The summed E-state index contributed by atoms with van der Waals surface area (Å²) in [5.74, 6) is 1.33. The van der Waals surface area contributed by atoms with Gasteiger partial charge in [-0.05, 0) is 29.1 Å². The number of hydrogen-bond acceptors (Lipinski definition) is 5. The highest BCUT2D eigenvalue weighted by atomic mass is 32.1. The number of aromatic nitrogens is 2. The van der Waals surface area contributed by atoms with Crippen molar-refractivity contribution in [2.45, 2.75) is 6.54 Å². The maximum Gasteiger partial charge on any atom is 0.231 e. The summed E-state index contributed by atoms with van der Waals surface area (Å²) >= 11 is 1.57. The molecule has 2 aromatic heterocycles. The second-order valence-corrected chi connectivity index (χ2v) is 4.66. The van der Waals surface area contributed by atoms with Gasteiger partial charge in [-0.1, -0.05) is 12.1 Å².